The summed E-state index contributed by atoms with van der Waals surface area (Å²) in [5.74, 6) is -0.330. The van der Waals surface area contributed by atoms with E-state index in [4.69, 9.17) is 21.5 Å². The highest BCUT2D eigenvalue weighted by Crippen LogP contribution is 2.44. The van der Waals surface area contributed by atoms with Gasteiger partial charge in [-0.3, -0.25) is 0 Å². The van der Waals surface area contributed by atoms with Crippen molar-refractivity contribution >= 4 is 17.3 Å². The largest absolute Gasteiger partial charge is 0.411 e. The van der Waals surface area contributed by atoms with Crippen LogP contribution in [0.15, 0.2) is 23.4 Å². The number of nitrogens with zero attached hydrogens (tertiary/aromatic N) is 1. The maximum Gasteiger partial charge on any atom is 0.130 e. The normalized spacial score (nSPS) is 22.3. The van der Waals surface area contributed by atoms with E-state index in [1.54, 1.807) is 12.1 Å². The van der Waals surface area contributed by atoms with Crippen LogP contribution in [0.2, 0.25) is 5.02 Å². The number of halogens is 2. The summed E-state index contributed by atoms with van der Waals surface area (Å²) in [6, 6.07) is 4.71. The predicted molar refractivity (Wildman–Crippen MR) is 81.6 cm³/mol. The van der Waals surface area contributed by atoms with Gasteiger partial charge in [0.25, 0.3) is 0 Å². The molecule has 0 spiro atoms. The SMILES string of the molecule is CCCCOC1(c2c(F)cccc2Cl)CCC(=NO)CC1. The van der Waals surface area contributed by atoms with Crippen LogP contribution in [-0.4, -0.2) is 17.5 Å². The minimum Gasteiger partial charge on any atom is -0.411 e. The summed E-state index contributed by atoms with van der Waals surface area (Å²) in [5.41, 5.74) is 0.461. The average Bonchev–Trinajstić information content (AvgIpc) is 2.48. The average molecular weight is 314 g/mol. The molecule has 1 aromatic rings. The van der Waals surface area contributed by atoms with Crippen LogP contribution < -0.4 is 0 Å². The maximum absolute atomic E-state index is 14.3. The Morgan fingerprint density at radius 2 is 2.10 bits per heavy atom. The lowest BCUT2D eigenvalue weighted by Gasteiger charge is -2.38. The fourth-order valence-corrected chi connectivity index (χ4v) is 3.19. The molecule has 0 aliphatic heterocycles. The number of ether oxygens (including phenoxy) is 1. The third-order valence-corrected chi connectivity index (χ3v) is 4.39. The first-order chi connectivity index (χ1) is 10.1. The predicted octanol–water partition coefficient (Wildman–Crippen LogP) is 4.90. The van der Waals surface area contributed by atoms with E-state index >= 15 is 0 Å². The van der Waals surface area contributed by atoms with Crippen molar-refractivity contribution in [3.63, 3.8) is 0 Å². The van der Waals surface area contributed by atoms with Crippen LogP contribution >= 0.6 is 11.6 Å². The number of unbranched alkanes of at least 4 members (excludes halogenated alkanes) is 1. The van der Waals surface area contributed by atoms with E-state index in [0.29, 0.717) is 42.9 Å². The molecule has 0 saturated heterocycles. The van der Waals surface area contributed by atoms with E-state index in [1.165, 1.54) is 6.07 Å². The number of hydrogen-bond acceptors (Lipinski definition) is 3. The molecule has 1 N–H and O–H groups in total. The minimum absolute atomic E-state index is 0.330. The molecule has 0 bridgehead atoms. The van der Waals surface area contributed by atoms with Crippen molar-refractivity contribution in [1.82, 2.24) is 0 Å². The maximum atomic E-state index is 14.3. The summed E-state index contributed by atoms with van der Waals surface area (Å²) >= 11 is 6.24. The number of rotatable bonds is 5. The first-order valence-electron chi connectivity index (χ1n) is 7.41. The molecule has 0 radical (unpaired) electrons. The lowest BCUT2D eigenvalue weighted by molar-refractivity contribution is -0.0685. The van der Waals surface area contributed by atoms with Crippen molar-refractivity contribution in [1.29, 1.82) is 0 Å². The lowest BCUT2D eigenvalue weighted by atomic mass is 9.78. The van der Waals surface area contributed by atoms with E-state index in [9.17, 15) is 4.39 Å². The molecule has 0 heterocycles. The number of benzene rings is 1. The Hall–Kier alpha value is -1.13. The zero-order chi connectivity index (χ0) is 15.3. The minimum atomic E-state index is -0.716. The van der Waals surface area contributed by atoms with Crippen molar-refractivity contribution in [2.45, 2.75) is 51.0 Å². The fraction of sp³-hybridized carbons (Fsp3) is 0.562. The summed E-state index contributed by atoms with van der Waals surface area (Å²) in [5, 5.41) is 12.6. The standard InChI is InChI=1S/C16H21ClFNO2/c1-2-3-11-21-16(9-7-12(19-20)8-10-16)15-13(17)5-4-6-14(15)18/h4-6,20H,2-3,7-11H2,1H3. The Kier molecular flexibility index (Phi) is 5.59. The second-order valence-corrected chi connectivity index (χ2v) is 5.87. The Bertz CT molecular complexity index is 489. The van der Waals surface area contributed by atoms with Gasteiger partial charge in [0.1, 0.15) is 5.82 Å². The van der Waals surface area contributed by atoms with Crippen molar-refractivity contribution < 1.29 is 14.3 Å². The van der Waals surface area contributed by atoms with Crippen LogP contribution in [-0.2, 0) is 10.3 Å². The van der Waals surface area contributed by atoms with Gasteiger partial charge in [0.15, 0.2) is 0 Å². The summed E-state index contributed by atoms with van der Waals surface area (Å²) in [6.07, 6.45) is 4.29. The highest BCUT2D eigenvalue weighted by molar-refractivity contribution is 6.31. The van der Waals surface area contributed by atoms with Gasteiger partial charge in [-0.25, -0.2) is 4.39 Å². The molecule has 1 fully saturated rings. The van der Waals surface area contributed by atoms with E-state index in [0.717, 1.165) is 18.6 Å². The van der Waals surface area contributed by atoms with Gasteiger partial charge in [-0.1, -0.05) is 36.2 Å². The van der Waals surface area contributed by atoms with Gasteiger partial charge in [-0.15, -0.1) is 0 Å². The van der Waals surface area contributed by atoms with Crippen LogP contribution in [0.5, 0.6) is 0 Å². The van der Waals surface area contributed by atoms with Crippen LogP contribution in [0.4, 0.5) is 4.39 Å². The molecule has 116 valence electrons. The van der Waals surface area contributed by atoms with Gasteiger partial charge in [0.2, 0.25) is 0 Å². The first kappa shape index (κ1) is 16.2. The summed E-state index contributed by atoms with van der Waals surface area (Å²) in [6.45, 7) is 2.66. The van der Waals surface area contributed by atoms with Gasteiger partial charge < -0.3 is 9.94 Å². The molecular weight excluding hydrogens is 293 g/mol. The van der Waals surface area contributed by atoms with Crippen molar-refractivity contribution in [2.75, 3.05) is 6.61 Å². The summed E-state index contributed by atoms with van der Waals surface area (Å²) in [7, 11) is 0. The third kappa shape index (κ3) is 3.55. The molecule has 1 saturated carbocycles. The molecule has 0 unspecified atom stereocenters. The van der Waals surface area contributed by atoms with Crippen LogP contribution in [0.3, 0.4) is 0 Å². The van der Waals surface area contributed by atoms with Gasteiger partial charge in [0.05, 0.1) is 11.3 Å². The highest BCUT2D eigenvalue weighted by Gasteiger charge is 2.40. The Balaban J connectivity index is 2.32. The highest BCUT2D eigenvalue weighted by atomic mass is 35.5. The van der Waals surface area contributed by atoms with Crippen LogP contribution in [0.25, 0.3) is 0 Å². The number of hydrogen-bond donors (Lipinski definition) is 1. The molecule has 21 heavy (non-hydrogen) atoms. The molecule has 3 nitrogen and oxygen atoms in total. The monoisotopic (exact) mass is 313 g/mol. The van der Waals surface area contributed by atoms with Crippen molar-refractivity contribution in [3.05, 3.63) is 34.6 Å². The van der Waals surface area contributed by atoms with Crippen LogP contribution in [0.1, 0.15) is 51.0 Å². The summed E-state index contributed by atoms with van der Waals surface area (Å²) in [4.78, 5) is 0. The molecular formula is C16H21ClFNO2. The van der Waals surface area contributed by atoms with Gasteiger partial charge in [-0.05, 0) is 44.2 Å². The smallest absolute Gasteiger partial charge is 0.130 e. The molecule has 1 aliphatic rings. The molecule has 0 aromatic heterocycles. The fourth-order valence-electron chi connectivity index (χ4n) is 2.85. The molecule has 5 heteroatoms. The Labute approximate surface area is 129 Å². The molecule has 0 amide bonds. The van der Waals surface area contributed by atoms with Crippen LogP contribution in [0, 0.1) is 5.82 Å². The van der Waals surface area contributed by atoms with Crippen molar-refractivity contribution in [2.24, 2.45) is 5.16 Å². The summed E-state index contributed by atoms with van der Waals surface area (Å²) < 4.78 is 20.4. The molecule has 1 aromatic carbocycles. The molecule has 1 aliphatic carbocycles. The second kappa shape index (κ2) is 7.23. The van der Waals surface area contributed by atoms with Gasteiger partial charge in [0, 0.05) is 17.2 Å². The second-order valence-electron chi connectivity index (χ2n) is 5.46. The lowest BCUT2D eigenvalue weighted by Crippen LogP contribution is -2.36. The zero-order valence-electron chi connectivity index (χ0n) is 12.2. The Morgan fingerprint density at radius 1 is 1.38 bits per heavy atom. The number of oxime groups is 1. The third-order valence-electron chi connectivity index (χ3n) is 4.07. The first-order valence-corrected chi connectivity index (χ1v) is 7.79. The van der Waals surface area contributed by atoms with Gasteiger partial charge in [-0.2, -0.15) is 0 Å². The van der Waals surface area contributed by atoms with E-state index in [-0.39, 0.29) is 5.82 Å². The zero-order valence-corrected chi connectivity index (χ0v) is 13.0. The molecule has 0 atom stereocenters. The quantitative estimate of drug-likeness (QED) is 0.477. The van der Waals surface area contributed by atoms with E-state index in [2.05, 4.69) is 12.1 Å². The van der Waals surface area contributed by atoms with E-state index < -0.39 is 5.60 Å². The topological polar surface area (TPSA) is 41.8 Å². The Morgan fingerprint density at radius 3 is 2.67 bits per heavy atom. The van der Waals surface area contributed by atoms with E-state index in [1.807, 2.05) is 0 Å². The van der Waals surface area contributed by atoms with Crippen molar-refractivity contribution in [3.8, 4) is 0 Å². The van der Waals surface area contributed by atoms with Gasteiger partial charge >= 0.3 is 0 Å². The molecule has 2 rings (SSSR count).